The van der Waals surface area contributed by atoms with Crippen molar-refractivity contribution in [1.82, 2.24) is 20.1 Å². The molecular weight excluding hydrogens is 396 g/mol. The minimum Gasteiger partial charge on any atom is -0.352 e. The molecule has 2 aliphatic rings. The highest BCUT2D eigenvalue weighted by Gasteiger charge is 2.36. The summed E-state index contributed by atoms with van der Waals surface area (Å²) in [6, 6.07) is 8.17. The summed E-state index contributed by atoms with van der Waals surface area (Å²) in [5, 5.41) is 3.87. The maximum Gasteiger partial charge on any atom is 0.234 e. The van der Waals surface area contributed by atoms with Gasteiger partial charge in [-0.2, -0.15) is 0 Å². The van der Waals surface area contributed by atoms with Crippen LogP contribution in [-0.2, 0) is 9.59 Å². The number of allylic oxidation sites excluding steroid dienone is 2. The first kappa shape index (κ1) is 20.8. The van der Waals surface area contributed by atoms with Crippen LogP contribution < -0.4 is 5.32 Å². The van der Waals surface area contributed by atoms with Crippen LogP contribution in [0.25, 0.3) is 10.2 Å². The third-order valence-corrected chi connectivity index (χ3v) is 7.04. The van der Waals surface area contributed by atoms with Gasteiger partial charge >= 0.3 is 0 Å². The molecule has 1 aromatic carbocycles. The first-order valence-electron chi connectivity index (χ1n) is 10.5. The van der Waals surface area contributed by atoms with E-state index in [4.69, 9.17) is 4.98 Å². The van der Waals surface area contributed by atoms with E-state index in [0.717, 1.165) is 36.5 Å². The molecule has 0 bridgehead atoms. The van der Waals surface area contributed by atoms with Gasteiger partial charge in [-0.05, 0) is 25.0 Å². The number of carbonyl (C=O) groups is 2. The Hall–Kier alpha value is -2.51. The fourth-order valence-corrected chi connectivity index (χ4v) is 5.36. The number of piperazine rings is 1. The lowest BCUT2D eigenvalue weighted by Crippen LogP contribution is -2.52. The van der Waals surface area contributed by atoms with Crippen molar-refractivity contribution in [2.24, 2.45) is 5.92 Å². The highest BCUT2D eigenvalue weighted by Crippen LogP contribution is 2.39. The maximum atomic E-state index is 13.4. The van der Waals surface area contributed by atoms with E-state index in [2.05, 4.69) is 35.0 Å². The van der Waals surface area contributed by atoms with Crippen LogP contribution in [0.15, 0.2) is 49.1 Å². The second-order valence-corrected chi connectivity index (χ2v) is 8.93. The van der Waals surface area contributed by atoms with Gasteiger partial charge in [-0.3, -0.25) is 14.5 Å². The number of rotatable bonds is 6. The fraction of sp³-hybridized carbons (Fsp3) is 0.435. The number of para-hydroxylation sites is 1. The van der Waals surface area contributed by atoms with Crippen LogP contribution in [0.5, 0.6) is 0 Å². The van der Waals surface area contributed by atoms with Crippen molar-refractivity contribution in [2.45, 2.75) is 18.8 Å². The highest BCUT2D eigenvalue weighted by atomic mass is 32.1. The molecule has 1 aliphatic carbocycles. The molecule has 1 aromatic heterocycles. The largest absolute Gasteiger partial charge is 0.352 e. The number of aromatic nitrogens is 1. The molecule has 0 spiro atoms. The van der Waals surface area contributed by atoms with Crippen molar-refractivity contribution < 1.29 is 9.59 Å². The van der Waals surface area contributed by atoms with Gasteiger partial charge in [0.2, 0.25) is 11.8 Å². The zero-order valence-electron chi connectivity index (χ0n) is 17.1. The first-order valence-corrected chi connectivity index (χ1v) is 11.4. The molecule has 2 atom stereocenters. The summed E-state index contributed by atoms with van der Waals surface area (Å²) in [6.45, 7) is 7.25. The number of nitrogens with zero attached hydrogens (tertiary/aromatic N) is 3. The third kappa shape index (κ3) is 4.63. The predicted octanol–water partition coefficient (Wildman–Crippen LogP) is 2.79. The first-order chi connectivity index (χ1) is 14.7. The lowest BCUT2D eigenvalue weighted by molar-refractivity contribution is -0.138. The molecule has 6 nitrogen and oxygen atoms in total. The number of carbonyl (C=O) groups excluding carboxylic acids is 2. The van der Waals surface area contributed by atoms with Gasteiger partial charge in [0, 0.05) is 38.6 Å². The minimum absolute atomic E-state index is 0.00277. The molecule has 0 saturated carbocycles. The maximum absolute atomic E-state index is 13.4. The lowest BCUT2D eigenvalue weighted by Gasteiger charge is -2.37. The molecule has 0 radical (unpaired) electrons. The normalized spacial score (nSPS) is 22.2. The van der Waals surface area contributed by atoms with Gasteiger partial charge in [0.1, 0.15) is 0 Å². The second-order valence-electron chi connectivity index (χ2n) is 7.87. The molecule has 1 fully saturated rings. The molecule has 7 heteroatoms. The van der Waals surface area contributed by atoms with Crippen molar-refractivity contribution in [3.63, 3.8) is 0 Å². The average Bonchev–Trinajstić information content (AvgIpc) is 3.22. The molecule has 2 amide bonds. The van der Waals surface area contributed by atoms with Gasteiger partial charge in [-0.15, -0.1) is 17.9 Å². The van der Waals surface area contributed by atoms with Gasteiger partial charge < -0.3 is 10.2 Å². The Bertz CT molecular complexity index is 913. The van der Waals surface area contributed by atoms with E-state index < -0.39 is 0 Å². The average molecular weight is 425 g/mol. The van der Waals surface area contributed by atoms with Gasteiger partial charge in [0.15, 0.2) is 0 Å². The minimum atomic E-state index is -0.0574. The Balaban J connectivity index is 1.39. The van der Waals surface area contributed by atoms with Gasteiger partial charge in [0.05, 0.1) is 27.7 Å². The predicted molar refractivity (Wildman–Crippen MR) is 120 cm³/mol. The van der Waals surface area contributed by atoms with Crippen LogP contribution in [0.2, 0.25) is 0 Å². The summed E-state index contributed by atoms with van der Waals surface area (Å²) in [6.07, 6.45) is 7.62. The van der Waals surface area contributed by atoms with Crippen LogP contribution in [0.4, 0.5) is 0 Å². The van der Waals surface area contributed by atoms with Crippen LogP contribution in [0.3, 0.4) is 0 Å². The SMILES string of the molecule is C=CCNC(=O)CN1CCN(C(=O)C2CC=CCC2c2nc3ccccc3s2)CC1. The second kappa shape index (κ2) is 9.53. The Morgan fingerprint density at radius 1 is 1.17 bits per heavy atom. The van der Waals surface area contributed by atoms with Gasteiger partial charge in [-0.1, -0.05) is 30.4 Å². The number of hydrogen-bond donors (Lipinski definition) is 1. The zero-order chi connectivity index (χ0) is 20.9. The van der Waals surface area contributed by atoms with Crippen LogP contribution >= 0.6 is 11.3 Å². The van der Waals surface area contributed by atoms with Crippen molar-refractivity contribution in [1.29, 1.82) is 0 Å². The molecule has 4 rings (SSSR count). The van der Waals surface area contributed by atoms with Crippen LogP contribution in [0.1, 0.15) is 23.8 Å². The summed E-state index contributed by atoms with van der Waals surface area (Å²) in [5.74, 6) is 0.308. The molecule has 1 aliphatic heterocycles. The van der Waals surface area contributed by atoms with E-state index in [1.165, 1.54) is 4.70 Å². The third-order valence-electron chi connectivity index (χ3n) is 5.87. The summed E-state index contributed by atoms with van der Waals surface area (Å²) < 4.78 is 1.18. The molecule has 2 unspecified atom stereocenters. The van der Waals surface area contributed by atoms with Crippen molar-refractivity contribution in [3.8, 4) is 0 Å². The van der Waals surface area contributed by atoms with E-state index in [-0.39, 0.29) is 23.7 Å². The Morgan fingerprint density at radius 3 is 2.70 bits per heavy atom. The van der Waals surface area contributed by atoms with E-state index in [1.807, 2.05) is 23.1 Å². The van der Waals surface area contributed by atoms with Crippen LogP contribution in [-0.4, -0.2) is 65.9 Å². The molecule has 2 aromatic rings. The number of thiazole rings is 1. The molecule has 1 saturated heterocycles. The lowest BCUT2D eigenvalue weighted by atomic mass is 9.82. The van der Waals surface area contributed by atoms with Gasteiger partial charge in [-0.25, -0.2) is 4.98 Å². The summed E-state index contributed by atoms with van der Waals surface area (Å²) in [4.78, 5) is 34.2. The van der Waals surface area contributed by atoms with E-state index in [0.29, 0.717) is 26.2 Å². The molecule has 2 heterocycles. The molecule has 158 valence electrons. The fourth-order valence-electron chi connectivity index (χ4n) is 4.21. The summed E-state index contributed by atoms with van der Waals surface area (Å²) in [7, 11) is 0. The molecular formula is C23H28N4O2S. The summed E-state index contributed by atoms with van der Waals surface area (Å²) >= 11 is 1.71. The number of nitrogens with one attached hydrogen (secondary N) is 1. The molecule has 30 heavy (non-hydrogen) atoms. The van der Waals surface area contributed by atoms with Crippen LogP contribution in [0, 0.1) is 5.92 Å². The summed E-state index contributed by atoms with van der Waals surface area (Å²) in [5.41, 5.74) is 1.02. The number of benzene rings is 1. The quantitative estimate of drug-likeness (QED) is 0.725. The number of hydrogen-bond acceptors (Lipinski definition) is 5. The van der Waals surface area contributed by atoms with E-state index >= 15 is 0 Å². The van der Waals surface area contributed by atoms with E-state index in [9.17, 15) is 9.59 Å². The Labute approximate surface area is 181 Å². The molecule has 1 N–H and O–H groups in total. The van der Waals surface area contributed by atoms with Crippen molar-refractivity contribution in [2.75, 3.05) is 39.3 Å². The Kier molecular flexibility index (Phi) is 6.59. The number of amides is 2. The number of fused-ring (bicyclic) bond motifs is 1. The van der Waals surface area contributed by atoms with Crippen molar-refractivity contribution >= 4 is 33.4 Å². The topological polar surface area (TPSA) is 65.5 Å². The smallest absolute Gasteiger partial charge is 0.234 e. The Morgan fingerprint density at radius 2 is 1.93 bits per heavy atom. The monoisotopic (exact) mass is 424 g/mol. The van der Waals surface area contributed by atoms with E-state index in [1.54, 1.807) is 17.4 Å². The zero-order valence-corrected chi connectivity index (χ0v) is 17.9. The highest BCUT2D eigenvalue weighted by molar-refractivity contribution is 7.18. The van der Waals surface area contributed by atoms with Gasteiger partial charge in [0.25, 0.3) is 0 Å². The van der Waals surface area contributed by atoms with Crippen molar-refractivity contribution in [3.05, 3.63) is 54.1 Å². The standard InChI is InChI=1S/C23H28N4O2S/c1-2-11-24-21(28)16-26-12-14-27(15-13-26)23(29)18-8-4-3-7-17(18)22-25-19-9-5-6-10-20(19)30-22/h2-6,9-10,17-18H,1,7-8,11-16H2,(H,24,28).